The number of allylic oxidation sites excluding steroid dienone is 2. The van der Waals surface area contributed by atoms with Crippen molar-refractivity contribution in [3.05, 3.63) is 50.7 Å². The van der Waals surface area contributed by atoms with Gasteiger partial charge >= 0.3 is 5.66 Å². The van der Waals surface area contributed by atoms with Crippen molar-refractivity contribution in [2.24, 2.45) is 11.5 Å². The highest BCUT2D eigenvalue weighted by Crippen LogP contribution is 2.28. The molecule has 1 heterocycles. The standard InChI is InChI=1S/C10H11N3O2S/c11-9-4-3-7(8-2-1-5-16-8)6-10(9,12)13(14)15/h1-6,9H,11-12H2. The maximum absolute atomic E-state index is 10.9. The first kappa shape index (κ1) is 11.0. The fourth-order valence-electron chi connectivity index (χ4n) is 1.53. The number of nitrogens with zero attached hydrogens (tertiary/aromatic N) is 1. The third-order valence-electron chi connectivity index (χ3n) is 2.53. The SMILES string of the molecule is NC1C=CC(c2cccs2)=CC1(N)[N+](=O)[O-]. The Balaban J connectivity index is 2.43. The summed E-state index contributed by atoms with van der Waals surface area (Å²) < 4.78 is 0. The summed E-state index contributed by atoms with van der Waals surface area (Å²) in [7, 11) is 0. The number of nitro groups is 1. The van der Waals surface area contributed by atoms with E-state index in [0.717, 1.165) is 10.5 Å². The lowest BCUT2D eigenvalue weighted by Crippen LogP contribution is -2.59. The molecule has 1 aliphatic rings. The van der Waals surface area contributed by atoms with Crippen LogP contribution >= 0.6 is 11.3 Å². The van der Waals surface area contributed by atoms with Crippen LogP contribution in [0.5, 0.6) is 0 Å². The molecule has 0 spiro atoms. The van der Waals surface area contributed by atoms with Crippen LogP contribution in [0.15, 0.2) is 35.7 Å². The zero-order valence-electron chi connectivity index (χ0n) is 8.37. The molecule has 0 aliphatic heterocycles. The number of nitrogens with two attached hydrogens (primary N) is 2. The molecule has 16 heavy (non-hydrogen) atoms. The fraction of sp³-hybridized carbons (Fsp3) is 0.200. The van der Waals surface area contributed by atoms with Crippen molar-refractivity contribution in [2.45, 2.75) is 11.7 Å². The predicted octanol–water partition coefficient (Wildman–Crippen LogP) is 0.960. The summed E-state index contributed by atoms with van der Waals surface area (Å²) in [6, 6.07) is 2.97. The molecule has 2 rings (SSSR count). The molecular formula is C10H11N3O2S. The van der Waals surface area contributed by atoms with Gasteiger partial charge in [-0.3, -0.25) is 15.8 Å². The minimum absolute atomic E-state index is 0.547. The minimum Gasteiger partial charge on any atom is -0.317 e. The van der Waals surface area contributed by atoms with Gasteiger partial charge in [0.25, 0.3) is 0 Å². The van der Waals surface area contributed by atoms with Crippen LogP contribution < -0.4 is 11.5 Å². The van der Waals surface area contributed by atoms with Crippen LogP contribution in [0.4, 0.5) is 0 Å². The van der Waals surface area contributed by atoms with Crippen LogP contribution in [0, 0.1) is 10.1 Å². The lowest BCUT2D eigenvalue weighted by atomic mass is 9.92. The molecule has 5 nitrogen and oxygen atoms in total. The van der Waals surface area contributed by atoms with Crippen LogP contribution in [0.2, 0.25) is 0 Å². The van der Waals surface area contributed by atoms with Gasteiger partial charge in [0.2, 0.25) is 0 Å². The number of hydrogen-bond acceptors (Lipinski definition) is 5. The molecule has 0 fully saturated rings. The second-order valence-corrected chi connectivity index (χ2v) is 4.55. The highest BCUT2D eigenvalue weighted by Gasteiger charge is 2.43. The Bertz CT molecular complexity index is 466. The van der Waals surface area contributed by atoms with Crippen molar-refractivity contribution in [3.63, 3.8) is 0 Å². The summed E-state index contributed by atoms with van der Waals surface area (Å²) in [6.07, 6.45) is 4.76. The zero-order chi connectivity index (χ0) is 11.8. The molecule has 0 aromatic carbocycles. The molecule has 0 radical (unpaired) electrons. The molecule has 2 unspecified atom stereocenters. The van der Waals surface area contributed by atoms with E-state index in [1.54, 1.807) is 12.2 Å². The third-order valence-corrected chi connectivity index (χ3v) is 3.44. The van der Waals surface area contributed by atoms with E-state index in [1.807, 2.05) is 17.5 Å². The number of rotatable bonds is 2. The van der Waals surface area contributed by atoms with Crippen molar-refractivity contribution in [3.8, 4) is 0 Å². The first-order chi connectivity index (χ1) is 7.54. The molecule has 0 bridgehead atoms. The Morgan fingerprint density at radius 1 is 1.56 bits per heavy atom. The van der Waals surface area contributed by atoms with Crippen LogP contribution in [-0.4, -0.2) is 16.6 Å². The van der Waals surface area contributed by atoms with E-state index in [1.165, 1.54) is 17.4 Å². The number of hydrogen-bond donors (Lipinski definition) is 2. The molecular weight excluding hydrogens is 226 g/mol. The average molecular weight is 237 g/mol. The van der Waals surface area contributed by atoms with Crippen LogP contribution in [0.3, 0.4) is 0 Å². The molecule has 1 aliphatic carbocycles. The summed E-state index contributed by atoms with van der Waals surface area (Å²) in [4.78, 5) is 11.3. The molecule has 4 N–H and O–H groups in total. The fourth-order valence-corrected chi connectivity index (χ4v) is 2.25. The van der Waals surface area contributed by atoms with E-state index in [-0.39, 0.29) is 0 Å². The van der Waals surface area contributed by atoms with Gasteiger partial charge in [-0.05, 0) is 17.0 Å². The van der Waals surface area contributed by atoms with Gasteiger partial charge in [0, 0.05) is 15.9 Å². The van der Waals surface area contributed by atoms with E-state index in [2.05, 4.69) is 0 Å². The Labute approximate surface area is 96.2 Å². The van der Waals surface area contributed by atoms with Crippen molar-refractivity contribution < 1.29 is 4.92 Å². The van der Waals surface area contributed by atoms with Crippen molar-refractivity contribution >= 4 is 16.9 Å². The Morgan fingerprint density at radius 2 is 2.31 bits per heavy atom. The van der Waals surface area contributed by atoms with E-state index >= 15 is 0 Å². The van der Waals surface area contributed by atoms with Gasteiger partial charge in [-0.1, -0.05) is 18.2 Å². The maximum atomic E-state index is 10.9. The third kappa shape index (κ3) is 1.67. The molecule has 0 saturated heterocycles. The predicted molar refractivity (Wildman–Crippen MR) is 63.3 cm³/mol. The van der Waals surface area contributed by atoms with Gasteiger partial charge in [-0.2, -0.15) is 0 Å². The number of thiophene rings is 1. The Kier molecular flexibility index (Phi) is 2.63. The first-order valence-corrected chi connectivity index (χ1v) is 5.56. The van der Waals surface area contributed by atoms with Gasteiger partial charge in [-0.25, -0.2) is 0 Å². The molecule has 0 saturated carbocycles. The minimum atomic E-state index is -1.71. The van der Waals surface area contributed by atoms with Crippen molar-refractivity contribution in [2.75, 3.05) is 0 Å². The largest absolute Gasteiger partial charge is 0.317 e. The van der Waals surface area contributed by atoms with Crippen LogP contribution in [-0.2, 0) is 0 Å². The summed E-state index contributed by atoms with van der Waals surface area (Å²) in [5.74, 6) is 0. The molecule has 0 amide bonds. The smallest absolute Gasteiger partial charge is 0.310 e. The summed E-state index contributed by atoms with van der Waals surface area (Å²) >= 11 is 1.50. The summed E-state index contributed by atoms with van der Waals surface area (Å²) in [5.41, 5.74) is 10.4. The average Bonchev–Trinajstić information content (AvgIpc) is 2.75. The molecule has 6 heteroatoms. The second-order valence-electron chi connectivity index (χ2n) is 3.61. The Morgan fingerprint density at radius 3 is 2.88 bits per heavy atom. The second kappa shape index (κ2) is 3.82. The highest BCUT2D eigenvalue weighted by atomic mass is 32.1. The van der Waals surface area contributed by atoms with Crippen LogP contribution in [0.25, 0.3) is 5.57 Å². The van der Waals surface area contributed by atoms with Crippen LogP contribution in [0.1, 0.15) is 4.88 Å². The molecule has 84 valence electrons. The normalized spacial score (nSPS) is 28.9. The molecule has 1 aromatic heterocycles. The van der Waals surface area contributed by atoms with E-state index in [0.29, 0.717) is 0 Å². The van der Waals surface area contributed by atoms with Gasteiger partial charge in [0.05, 0.1) is 0 Å². The lowest BCUT2D eigenvalue weighted by Gasteiger charge is -2.25. The maximum Gasteiger partial charge on any atom is 0.310 e. The van der Waals surface area contributed by atoms with Gasteiger partial charge in [0.15, 0.2) is 0 Å². The monoisotopic (exact) mass is 237 g/mol. The molecule has 1 aromatic rings. The van der Waals surface area contributed by atoms with Gasteiger partial charge < -0.3 is 5.73 Å². The summed E-state index contributed by atoms with van der Waals surface area (Å²) in [5, 5.41) is 12.8. The summed E-state index contributed by atoms with van der Waals surface area (Å²) in [6.45, 7) is 0. The van der Waals surface area contributed by atoms with Gasteiger partial charge in [-0.15, -0.1) is 11.3 Å². The topological polar surface area (TPSA) is 95.2 Å². The zero-order valence-corrected chi connectivity index (χ0v) is 9.18. The molecule has 2 atom stereocenters. The van der Waals surface area contributed by atoms with E-state index in [9.17, 15) is 10.1 Å². The van der Waals surface area contributed by atoms with E-state index in [4.69, 9.17) is 11.5 Å². The Hall–Kier alpha value is -1.50. The van der Waals surface area contributed by atoms with Crippen molar-refractivity contribution in [1.82, 2.24) is 0 Å². The first-order valence-electron chi connectivity index (χ1n) is 4.68. The van der Waals surface area contributed by atoms with Gasteiger partial charge in [0.1, 0.15) is 6.04 Å². The quantitative estimate of drug-likeness (QED) is 0.455. The highest BCUT2D eigenvalue weighted by molar-refractivity contribution is 7.11. The van der Waals surface area contributed by atoms with Crippen molar-refractivity contribution in [1.29, 1.82) is 0 Å². The lowest BCUT2D eigenvalue weighted by molar-refractivity contribution is -0.555. The van der Waals surface area contributed by atoms with E-state index < -0.39 is 16.6 Å².